The molecule has 3 heterocycles. The number of rotatable bonds is 7. The van der Waals surface area contributed by atoms with E-state index >= 15 is 0 Å². The van der Waals surface area contributed by atoms with Gasteiger partial charge in [0.1, 0.15) is 29.1 Å². The minimum absolute atomic E-state index is 0.0426. The summed E-state index contributed by atoms with van der Waals surface area (Å²) in [6.45, 7) is -0.105. The van der Waals surface area contributed by atoms with Crippen LogP contribution < -0.4 is 10.1 Å². The van der Waals surface area contributed by atoms with Gasteiger partial charge in [-0.25, -0.2) is 36.5 Å². The topological polar surface area (TPSA) is 103 Å². The average Bonchev–Trinajstić information content (AvgIpc) is 2.83. The van der Waals surface area contributed by atoms with E-state index in [9.17, 15) is 21.6 Å². The number of fused-ring (bicyclic) bond motifs is 1. The van der Waals surface area contributed by atoms with Crippen molar-refractivity contribution in [2.24, 2.45) is 0 Å². The summed E-state index contributed by atoms with van der Waals surface area (Å²) in [6.07, 6.45) is -1.22. The van der Waals surface area contributed by atoms with Crippen LogP contribution in [0.3, 0.4) is 0 Å². The second-order valence-corrected chi connectivity index (χ2v) is 10.3. The Morgan fingerprint density at radius 3 is 2.56 bits per heavy atom. The van der Waals surface area contributed by atoms with Crippen LogP contribution in [0.1, 0.15) is 36.1 Å². The Hall–Kier alpha value is -2.99. The molecule has 0 atom stereocenters. The van der Waals surface area contributed by atoms with Crippen molar-refractivity contribution in [2.75, 3.05) is 31.0 Å². The molecular formula is C22H23F3N4O4S. The molecule has 1 aliphatic rings. The molecule has 0 aliphatic carbocycles. The molecule has 0 spiro atoms. The minimum atomic E-state index is -3.16. The number of nitrogens with zero attached hydrogens (tertiary/aromatic N) is 3. The van der Waals surface area contributed by atoms with Crippen molar-refractivity contribution in [3.63, 3.8) is 0 Å². The summed E-state index contributed by atoms with van der Waals surface area (Å²) in [5.74, 6) is -0.569. The van der Waals surface area contributed by atoms with Gasteiger partial charge in [0.25, 0.3) is 6.43 Å². The molecule has 1 fully saturated rings. The Kier molecular flexibility index (Phi) is 6.63. The quantitative estimate of drug-likeness (QED) is 0.527. The van der Waals surface area contributed by atoms with Crippen LogP contribution in [0.4, 0.5) is 19.0 Å². The number of nitrogens with one attached hydrogen (secondary N) is 1. The Bertz CT molecular complexity index is 1310. The molecule has 1 N–H and O–H groups in total. The molecule has 1 aromatic carbocycles. The number of aromatic nitrogens is 3. The van der Waals surface area contributed by atoms with E-state index in [1.807, 2.05) is 0 Å². The van der Waals surface area contributed by atoms with Crippen LogP contribution in [0.15, 0.2) is 30.6 Å². The lowest BCUT2D eigenvalue weighted by atomic mass is 9.91. The first-order chi connectivity index (χ1) is 16.2. The van der Waals surface area contributed by atoms with Gasteiger partial charge in [-0.3, -0.25) is 0 Å². The van der Waals surface area contributed by atoms with Gasteiger partial charge in [0.15, 0.2) is 9.84 Å². The van der Waals surface area contributed by atoms with Crippen molar-refractivity contribution >= 4 is 26.6 Å². The second-order valence-electron chi connectivity index (χ2n) is 7.96. The molecule has 1 saturated heterocycles. The lowest BCUT2D eigenvalue weighted by molar-refractivity contribution is -0.0269. The molecule has 0 unspecified atom stereocenters. The van der Waals surface area contributed by atoms with Crippen molar-refractivity contribution in [3.8, 4) is 5.88 Å². The number of halogens is 3. The van der Waals surface area contributed by atoms with E-state index in [1.165, 1.54) is 32.7 Å². The first-order valence-electron chi connectivity index (χ1n) is 10.4. The van der Waals surface area contributed by atoms with Gasteiger partial charge in [0.05, 0.1) is 35.3 Å². The number of benzene rings is 1. The van der Waals surface area contributed by atoms with Gasteiger partial charge in [-0.1, -0.05) is 18.2 Å². The summed E-state index contributed by atoms with van der Waals surface area (Å²) in [5, 5.41) is 3.47. The van der Waals surface area contributed by atoms with Crippen LogP contribution in [0.5, 0.6) is 5.88 Å². The van der Waals surface area contributed by atoms with E-state index in [-0.39, 0.29) is 42.3 Å². The lowest BCUT2D eigenvalue weighted by Crippen LogP contribution is -2.39. The summed E-state index contributed by atoms with van der Waals surface area (Å²) in [5.41, 5.74) is -0.735. The van der Waals surface area contributed by atoms with E-state index in [4.69, 9.17) is 9.47 Å². The summed E-state index contributed by atoms with van der Waals surface area (Å²) in [6, 6.07) is 5.51. The number of hydrogen-bond acceptors (Lipinski definition) is 8. The molecule has 34 heavy (non-hydrogen) atoms. The van der Waals surface area contributed by atoms with E-state index in [0.29, 0.717) is 22.4 Å². The Labute approximate surface area is 194 Å². The Morgan fingerprint density at radius 2 is 1.91 bits per heavy atom. The van der Waals surface area contributed by atoms with E-state index in [1.54, 1.807) is 6.07 Å². The normalized spacial score (nSPS) is 17.1. The highest BCUT2D eigenvalue weighted by Crippen LogP contribution is 2.39. The van der Waals surface area contributed by atoms with Gasteiger partial charge in [-0.05, 0) is 18.9 Å². The molecule has 0 bridgehead atoms. The van der Waals surface area contributed by atoms with Crippen molar-refractivity contribution in [1.82, 2.24) is 15.0 Å². The van der Waals surface area contributed by atoms with Crippen LogP contribution in [0, 0.1) is 5.82 Å². The molecule has 2 aromatic heterocycles. The monoisotopic (exact) mass is 496 g/mol. The molecule has 3 aromatic rings. The van der Waals surface area contributed by atoms with Gasteiger partial charge in [0.2, 0.25) is 5.88 Å². The van der Waals surface area contributed by atoms with Crippen molar-refractivity contribution in [1.29, 1.82) is 0 Å². The van der Waals surface area contributed by atoms with Crippen LogP contribution in [-0.4, -0.2) is 49.1 Å². The zero-order valence-corrected chi connectivity index (χ0v) is 19.3. The predicted molar refractivity (Wildman–Crippen MR) is 119 cm³/mol. The Morgan fingerprint density at radius 1 is 1.18 bits per heavy atom. The highest BCUT2D eigenvalue weighted by molar-refractivity contribution is 7.91. The molecule has 182 valence electrons. The van der Waals surface area contributed by atoms with E-state index in [0.717, 1.165) is 6.07 Å². The maximum atomic E-state index is 14.5. The van der Waals surface area contributed by atoms with E-state index < -0.39 is 33.2 Å². The summed E-state index contributed by atoms with van der Waals surface area (Å²) < 4.78 is 75.7. The fraction of sp³-hybridized carbons (Fsp3) is 0.409. The van der Waals surface area contributed by atoms with Gasteiger partial charge in [-0.15, -0.1) is 0 Å². The number of pyridine rings is 1. The zero-order chi connectivity index (χ0) is 24.5. The molecule has 12 heteroatoms. The minimum Gasteiger partial charge on any atom is -0.479 e. The third-order valence-corrected chi connectivity index (χ3v) is 7.72. The summed E-state index contributed by atoms with van der Waals surface area (Å²) in [7, 11) is -0.233. The predicted octanol–water partition coefficient (Wildman–Crippen LogP) is 3.77. The van der Waals surface area contributed by atoms with Crippen LogP contribution >= 0.6 is 0 Å². The SMILES string of the molecule is COc1nc(C2(OC)CCS(=O)(=O)CC2)cc2c(NCc3cccc(C(F)F)c3F)ncnc12. The van der Waals surface area contributed by atoms with Gasteiger partial charge < -0.3 is 14.8 Å². The highest BCUT2D eigenvalue weighted by Gasteiger charge is 2.41. The summed E-state index contributed by atoms with van der Waals surface area (Å²) >= 11 is 0. The number of ether oxygens (including phenoxy) is 2. The van der Waals surface area contributed by atoms with Crippen LogP contribution in [0.25, 0.3) is 10.9 Å². The molecule has 8 nitrogen and oxygen atoms in total. The molecule has 0 radical (unpaired) electrons. The van der Waals surface area contributed by atoms with Gasteiger partial charge >= 0.3 is 0 Å². The third kappa shape index (κ3) is 4.51. The van der Waals surface area contributed by atoms with Crippen molar-refractivity contribution in [2.45, 2.75) is 31.4 Å². The largest absolute Gasteiger partial charge is 0.479 e. The molecule has 1 aliphatic heterocycles. The Balaban J connectivity index is 1.74. The van der Waals surface area contributed by atoms with Gasteiger partial charge in [-0.2, -0.15) is 0 Å². The van der Waals surface area contributed by atoms with Crippen molar-refractivity contribution < 1.29 is 31.1 Å². The number of hydrogen-bond donors (Lipinski definition) is 1. The number of alkyl halides is 2. The van der Waals surface area contributed by atoms with E-state index in [2.05, 4.69) is 20.3 Å². The average molecular weight is 497 g/mol. The zero-order valence-electron chi connectivity index (χ0n) is 18.5. The standard InChI is InChI=1S/C22H23F3N4O4S/c1-32-21-18-15(10-16(29-21)22(33-2)6-8-34(30,31)9-7-22)20(28-12-27-18)26-11-13-4-3-5-14(17(13)23)19(24)25/h3-5,10,12,19H,6-9,11H2,1-2H3,(H,26,27,28). The fourth-order valence-corrected chi connectivity index (χ4v) is 5.55. The third-order valence-electron chi connectivity index (χ3n) is 6.06. The lowest BCUT2D eigenvalue weighted by Gasteiger charge is -2.35. The molecule has 4 rings (SSSR count). The summed E-state index contributed by atoms with van der Waals surface area (Å²) in [4.78, 5) is 13.0. The van der Waals surface area contributed by atoms with Crippen LogP contribution in [-0.2, 0) is 26.7 Å². The smallest absolute Gasteiger partial charge is 0.266 e. The maximum Gasteiger partial charge on any atom is 0.266 e. The second kappa shape index (κ2) is 9.34. The number of sulfone groups is 1. The number of anilines is 1. The fourth-order valence-electron chi connectivity index (χ4n) is 4.07. The molecular weight excluding hydrogens is 473 g/mol. The first kappa shape index (κ1) is 24.1. The maximum absolute atomic E-state index is 14.5. The van der Waals surface area contributed by atoms with Gasteiger partial charge in [0, 0.05) is 19.2 Å². The molecule has 0 saturated carbocycles. The van der Waals surface area contributed by atoms with Crippen LogP contribution in [0.2, 0.25) is 0 Å². The van der Waals surface area contributed by atoms with Crippen molar-refractivity contribution in [3.05, 3.63) is 53.2 Å². The number of methoxy groups -OCH3 is 2. The first-order valence-corrected chi connectivity index (χ1v) is 12.3. The molecule has 0 amide bonds. The highest BCUT2D eigenvalue weighted by atomic mass is 32.2.